The van der Waals surface area contributed by atoms with Crippen LogP contribution in [-0.2, 0) is 6.54 Å². The molecular weight excluding hydrogens is 304 g/mol. The summed E-state index contributed by atoms with van der Waals surface area (Å²) in [7, 11) is 0. The maximum absolute atomic E-state index is 5.88. The Bertz CT molecular complexity index is 889. The fourth-order valence-electron chi connectivity index (χ4n) is 4.86. The molecule has 0 amide bonds. The van der Waals surface area contributed by atoms with Crippen molar-refractivity contribution >= 4 is 10.9 Å². The number of aromatic nitrogens is 1. The molecule has 1 fully saturated rings. The van der Waals surface area contributed by atoms with Crippen molar-refractivity contribution in [3.8, 4) is 0 Å². The molecule has 1 heterocycles. The molecule has 2 unspecified atom stereocenters. The lowest BCUT2D eigenvalue weighted by molar-refractivity contribution is 0.534. The van der Waals surface area contributed by atoms with E-state index in [4.69, 9.17) is 5.73 Å². The van der Waals surface area contributed by atoms with E-state index in [9.17, 15) is 0 Å². The number of hydrogen-bond acceptors (Lipinski definition) is 1. The van der Waals surface area contributed by atoms with E-state index >= 15 is 0 Å². The lowest BCUT2D eigenvalue weighted by atomic mass is 10.0. The van der Waals surface area contributed by atoms with Crippen molar-refractivity contribution in [1.82, 2.24) is 4.57 Å². The first-order valence-corrected chi connectivity index (χ1v) is 9.37. The summed E-state index contributed by atoms with van der Waals surface area (Å²) in [4.78, 5) is 0. The molecule has 1 aliphatic carbocycles. The van der Waals surface area contributed by atoms with Crippen LogP contribution in [0.5, 0.6) is 0 Å². The number of para-hydroxylation sites is 1. The van der Waals surface area contributed by atoms with E-state index in [1.807, 2.05) is 0 Å². The summed E-state index contributed by atoms with van der Waals surface area (Å²) in [5.74, 6) is 1.32. The summed E-state index contributed by atoms with van der Waals surface area (Å²) in [6.45, 7) is 8.82. The number of fused-ring (bicyclic) bond motifs is 1. The molecule has 0 saturated heterocycles. The highest BCUT2D eigenvalue weighted by Crippen LogP contribution is 2.67. The van der Waals surface area contributed by atoms with Gasteiger partial charge in [-0.2, -0.15) is 0 Å². The van der Waals surface area contributed by atoms with Gasteiger partial charge in [-0.3, -0.25) is 0 Å². The highest BCUT2D eigenvalue weighted by atomic mass is 15.0. The fourth-order valence-corrected chi connectivity index (χ4v) is 4.86. The van der Waals surface area contributed by atoms with Crippen LogP contribution in [0, 0.1) is 18.3 Å². The van der Waals surface area contributed by atoms with E-state index in [1.54, 1.807) is 5.56 Å². The van der Waals surface area contributed by atoms with Gasteiger partial charge in [-0.25, -0.2) is 0 Å². The molecule has 4 rings (SSSR count). The number of rotatable bonds is 5. The predicted molar refractivity (Wildman–Crippen MR) is 106 cm³/mol. The highest BCUT2D eigenvalue weighted by molar-refractivity contribution is 5.87. The van der Waals surface area contributed by atoms with Gasteiger partial charge in [0.05, 0.1) is 0 Å². The van der Waals surface area contributed by atoms with Gasteiger partial charge in [-0.1, -0.05) is 62.4 Å². The van der Waals surface area contributed by atoms with Gasteiger partial charge in [0.15, 0.2) is 0 Å². The van der Waals surface area contributed by atoms with Crippen LogP contribution >= 0.6 is 0 Å². The first-order valence-electron chi connectivity index (χ1n) is 9.37. The Morgan fingerprint density at radius 2 is 1.68 bits per heavy atom. The monoisotopic (exact) mass is 332 g/mol. The maximum atomic E-state index is 5.88. The average molecular weight is 332 g/mol. The van der Waals surface area contributed by atoms with Crippen LogP contribution in [0.1, 0.15) is 43.0 Å². The molecule has 3 aromatic rings. The normalized spacial score (nSPS) is 21.6. The third kappa shape index (κ3) is 2.60. The van der Waals surface area contributed by atoms with Crippen molar-refractivity contribution in [2.45, 2.75) is 39.7 Å². The molecule has 1 aromatic heterocycles. The molecule has 2 N–H and O–H groups in total. The van der Waals surface area contributed by atoms with Crippen LogP contribution in [0.2, 0.25) is 0 Å². The van der Waals surface area contributed by atoms with Crippen LogP contribution in [0.25, 0.3) is 10.9 Å². The van der Waals surface area contributed by atoms with Crippen molar-refractivity contribution in [1.29, 1.82) is 0 Å². The molecule has 2 nitrogen and oxygen atoms in total. The largest absolute Gasteiger partial charge is 0.340 e. The zero-order chi connectivity index (χ0) is 17.6. The summed E-state index contributed by atoms with van der Waals surface area (Å²) in [5.41, 5.74) is 11.9. The Hall–Kier alpha value is -2.06. The Kier molecular flexibility index (Phi) is 3.96. The number of nitrogens with two attached hydrogens (primary N) is 1. The fraction of sp³-hybridized carbons (Fsp3) is 0.391. The Balaban J connectivity index is 1.82. The molecule has 2 atom stereocenters. The Morgan fingerprint density at radius 3 is 2.40 bits per heavy atom. The zero-order valence-electron chi connectivity index (χ0n) is 15.5. The highest BCUT2D eigenvalue weighted by Gasteiger charge is 2.58. The number of hydrogen-bond donors (Lipinski definition) is 1. The second-order valence-electron chi connectivity index (χ2n) is 8.07. The molecule has 0 aliphatic heterocycles. The van der Waals surface area contributed by atoms with E-state index in [0.717, 1.165) is 19.5 Å². The van der Waals surface area contributed by atoms with E-state index in [1.165, 1.54) is 22.2 Å². The van der Waals surface area contributed by atoms with Crippen molar-refractivity contribution in [2.75, 3.05) is 6.54 Å². The lowest BCUT2D eigenvalue weighted by Gasteiger charge is -2.09. The van der Waals surface area contributed by atoms with Crippen molar-refractivity contribution in [2.24, 2.45) is 17.1 Å². The van der Waals surface area contributed by atoms with E-state index in [-0.39, 0.29) is 0 Å². The van der Waals surface area contributed by atoms with Crippen LogP contribution in [-0.4, -0.2) is 11.1 Å². The molecule has 0 spiro atoms. The summed E-state index contributed by atoms with van der Waals surface area (Å²) >= 11 is 0. The minimum atomic E-state index is 0.353. The van der Waals surface area contributed by atoms with Crippen molar-refractivity contribution in [3.63, 3.8) is 0 Å². The molecule has 0 radical (unpaired) electrons. The average Bonchev–Trinajstić information content (AvgIpc) is 3.02. The van der Waals surface area contributed by atoms with Crippen molar-refractivity contribution < 1.29 is 0 Å². The van der Waals surface area contributed by atoms with Gasteiger partial charge < -0.3 is 10.3 Å². The molecule has 2 heteroatoms. The molecule has 1 saturated carbocycles. The molecule has 2 aromatic carbocycles. The van der Waals surface area contributed by atoms with Crippen LogP contribution < -0.4 is 5.73 Å². The molecular formula is C23H28N2. The van der Waals surface area contributed by atoms with Gasteiger partial charge in [-0.05, 0) is 54.3 Å². The molecule has 130 valence electrons. The number of benzene rings is 2. The standard InChI is InChI=1S/C23H28N2/c1-16-21(22-19(13-14-24)23(22,2)3)18-11-7-8-12-20(18)25(16)15-17-9-5-4-6-10-17/h4-12,19,22H,13-15,24H2,1-3H3. The summed E-state index contributed by atoms with van der Waals surface area (Å²) in [5, 5.41) is 1.42. The summed E-state index contributed by atoms with van der Waals surface area (Å²) in [6.07, 6.45) is 1.12. The molecule has 25 heavy (non-hydrogen) atoms. The van der Waals surface area contributed by atoms with Crippen LogP contribution in [0.4, 0.5) is 0 Å². The first-order chi connectivity index (χ1) is 12.1. The van der Waals surface area contributed by atoms with Gasteiger partial charge in [-0.15, -0.1) is 0 Å². The molecule has 1 aliphatic rings. The van der Waals surface area contributed by atoms with Crippen LogP contribution in [0.3, 0.4) is 0 Å². The number of nitrogens with zero attached hydrogens (tertiary/aromatic N) is 1. The van der Waals surface area contributed by atoms with Gasteiger partial charge in [0.25, 0.3) is 0 Å². The van der Waals surface area contributed by atoms with Gasteiger partial charge in [0.1, 0.15) is 0 Å². The predicted octanol–water partition coefficient (Wildman–Crippen LogP) is 5.09. The second kappa shape index (κ2) is 6.03. The minimum absolute atomic E-state index is 0.353. The summed E-state index contributed by atoms with van der Waals surface area (Å²) in [6, 6.07) is 19.7. The third-order valence-corrected chi connectivity index (χ3v) is 6.30. The third-order valence-electron chi connectivity index (χ3n) is 6.30. The van der Waals surface area contributed by atoms with E-state index < -0.39 is 0 Å². The van der Waals surface area contributed by atoms with Gasteiger partial charge >= 0.3 is 0 Å². The molecule has 0 bridgehead atoms. The Labute approximate surface area is 150 Å². The Morgan fingerprint density at radius 1 is 1.00 bits per heavy atom. The summed E-state index contributed by atoms with van der Waals surface area (Å²) < 4.78 is 2.49. The first kappa shape index (κ1) is 16.4. The van der Waals surface area contributed by atoms with Crippen LogP contribution in [0.15, 0.2) is 54.6 Å². The smallest absolute Gasteiger partial charge is 0.0488 e. The minimum Gasteiger partial charge on any atom is -0.340 e. The van der Waals surface area contributed by atoms with Gasteiger partial charge in [0, 0.05) is 23.1 Å². The van der Waals surface area contributed by atoms with E-state index in [2.05, 4.69) is 79.9 Å². The zero-order valence-corrected chi connectivity index (χ0v) is 15.5. The topological polar surface area (TPSA) is 30.9 Å². The second-order valence-corrected chi connectivity index (χ2v) is 8.07. The van der Waals surface area contributed by atoms with Crippen molar-refractivity contribution in [3.05, 3.63) is 71.4 Å². The quantitative estimate of drug-likeness (QED) is 0.693. The maximum Gasteiger partial charge on any atom is 0.0488 e. The lowest BCUT2D eigenvalue weighted by Crippen LogP contribution is -2.03. The SMILES string of the molecule is Cc1c(C2C(CCN)C2(C)C)c2ccccc2n1Cc1ccccc1. The van der Waals surface area contributed by atoms with Gasteiger partial charge in [0.2, 0.25) is 0 Å². The van der Waals surface area contributed by atoms with E-state index in [0.29, 0.717) is 17.3 Å².